The van der Waals surface area contributed by atoms with Crippen LogP contribution < -0.4 is 10.6 Å². The molecule has 7 heteroatoms. The maximum absolute atomic E-state index is 12.6. The molecule has 1 atom stereocenters. The SMILES string of the molecule is O=C(Nc1ccc2nc(C3CC3)sc2c1)c1ccn(C2CCCNC2)n1. The molecule has 5 rings (SSSR count). The zero-order chi connectivity index (χ0) is 17.5. The minimum atomic E-state index is -0.168. The van der Waals surface area contributed by atoms with Crippen molar-refractivity contribution in [3.05, 3.63) is 41.2 Å². The van der Waals surface area contributed by atoms with Gasteiger partial charge >= 0.3 is 0 Å². The van der Waals surface area contributed by atoms with Crippen LogP contribution in [0.1, 0.15) is 53.1 Å². The maximum Gasteiger partial charge on any atom is 0.276 e. The van der Waals surface area contributed by atoms with Gasteiger partial charge in [-0.05, 0) is 56.5 Å². The van der Waals surface area contributed by atoms with E-state index in [1.807, 2.05) is 29.1 Å². The molecule has 0 bridgehead atoms. The number of aromatic nitrogens is 3. The van der Waals surface area contributed by atoms with Crippen molar-refractivity contribution < 1.29 is 4.79 Å². The third-order valence-corrected chi connectivity index (χ3v) is 6.26. The van der Waals surface area contributed by atoms with Crippen LogP contribution in [0.4, 0.5) is 5.69 Å². The number of nitrogens with zero attached hydrogens (tertiary/aromatic N) is 3. The maximum atomic E-state index is 12.6. The summed E-state index contributed by atoms with van der Waals surface area (Å²) in [6.45, 7) is 1.97. The molecule has 3 aromatic rings. The fourth-order valence-corrected chi connectivity index (χ4v) is 4.62. The number of thiazole rings is 1. The monoisotopic (exact) mass is 367 g/mol. The molecule has 2 N–H and O–H groups in total. The lowest BCUT2D eigenvalue weighted by Gasteiger charge is -2.22. The Labute approximate surface area is 155 Å². The Morgan fingerprint density at radius 2 is 2.19 bits per heavy atom. The van der Waals surface area contributed by atoms with E-state index in [9.17, 15) is 4.79 Å². The van der Waals surface area contributed by atoms with E-state index in [1.165, 1.54) is 17.8 Å². The second kappa shape index (κ2) is 6.48. The highest BCUT2D eigenvalue weighted by atomic mass is 32.1. The molecule has 1 saturated carbocycles. The van der Waals surface area contributed by atoms with Gasteiger partial charge in [0, 0.05) is 24.3 Å². The van der Waals surface area contributed by atoms with Gasteiger partial charge in [-0.25, -0.2) is 4.98 Å². The van der Waals surface area contributed by atoms with Crippen molar-refractivity contribution in [1.82, 2.24) is 20.1 Å². The molecule has 2 aromatic heterocycles. The van der Waals surface area contributed by atoms with E-state index in [2.05, 4.69) is 15.7 Å². The number of amides is 1. The van der Waals surface area contributed by atoms with Crippen LogP contribution in [0.5, 0.6) is 0 Å². The lowest BCUT2D eigenvalue weighted by atomic mass is 10.1. The van der Waals surface area contributed by atoms with Crippen LogP contribution in [0.25, 0.3) is 10.2 Å². The molecule has 2 fully saturated rings. The lowest BCUT2D eigenvalue weighted by Crippen LogP contribution is -2.32. The molecule has 1 aromatic carbocycles. The van der Waals surface area contributed by atoms with Crippen molar-refractivity contribution in [1.29, 1.82) is 0 Å². The number of nitrogens with one attached hydrogen (secondary N) is 2. The van der Waals surface area contributed by atoms with Crippen LogP contribution in [0.2, 0.25) is 0 Å². The standard InChI is InChI=1S/C19H21N5OS/c25-18(16-7-9-24(23-16)14-2-1-8-20-11-14)21-13-5-6-15-17(10-13)26-19(22-15)12-3-4-12/h5-7,9-10,12,14,20H,1-4,8,11H2,(H,21,25). The molecular weight excluding hydrogens is 346 g/mol. The molecule has 6 nitrogen and oxygen atoms in total. The van der Waals surface area contributed by atoms with Crippen molar-refractivity contribution in [2.45, 2.75) is 37.6 Å². The predicted molar refractivity (Wildman–Crippen MR) is 103 cm³/mol. The van der Waals surface area contributed by atoms with Crippen LogP contribution in [-0.4, -0.2) is 33.8 Å². The molecule has 0 spiro atoms. The van der Waals surface area contributed by atoms with Gasteiger partial charge in [0.1, 0.15) is 0 Å². The Morgan fingerprint density at radius 3 is 3.00 bits per heavy atom. The topological polar surface area (TPSA) is 71.8 Å². The highest BCUT2D eigenvalue weighted by Gasteiger charge is 2.27. The molecule has 26 heavy (non-hydrogen) atoms. The smallest absolute Gasteiger partial charge is 0.276 e. The Balaban J connectivity index is 1.31. The number of anilines is 1. The van der Waals surface area contributed by atoms with Crippen molar-refractivity contribution in [3.63, 3.8) is 0 Å². The number of rotatable bonds is 4. The number of carbonyl (C=O) groups is 1. The van der Waals surface area contributed by atoms with Crippen LogP contribution in [0.3, 0.4) is 0 Å². The summed E-state index contributed by atoms with van der Waals surface area (Å²) in [6.07, 6.45) is 6.65. The highest BCUT2D eigenvalue weighted by molar-refractivity contribution is 7.18. The number of piperidine rings is 1. The Morgan fingerprint density at radius 1 is 1.27 bits per heavy atom. The summed E-state index contributed by atoms with van der Waals surface area (Å²) in [6, 6.07) is 8.04. The van der Waals surface area contributed by atoms with E-state index in [4.69, 9.17) is 4.98 Å². The van der Waals surface area contributed by atoms with Gasteiger partial charge in [0.05, 0.1) is 21.3 Å². The van der Waals surface area contributed by atoms with Gasteiger partial charge in [-0.15, -0.1) is 11.3 Å². The zero-order valence-corrected chi connectivity index (χ0v) is 15.3. The van der Waals surface area contributed by atoms with Gasteiger partial charge in [-0.2, -0.15) is 5.10 Å². The average molecular weight is 367 g/mol. The summed E-state index contributed by atoms with van der Waals surface area (Å²) < 4.78 is 3.04. The third kappa shape index (κ3) is 3.12. The van der Waals surface area contributed by atoms with Crippen molar-refractivity contribution in [2.24, 2.45) is 0 Å². The first-order valence-corrected chi connectivity index (χ1v) is 10.1. The fraction of sp³-hybridized carbons (Fsp3) is 0.421. The van der Waals surface area contributed by atoms with Gasteiger partial charge < -0.3 is 10.6 Å². The molecular formula is C19H21N5OS. The number of hydrogen-bond donors (Lipinski definition) is 2. The first kappa shape index (κ1) is 16.0. The van der Waals surface area contributed by atoms with Crippen LogP contribution in [0.15, 0.2) is 30.5 Å². The largest absolute Gasteiger partial charge is 0.321 e. The van der Waals surface area contributed by atoms with Gasteiger partial charge in [0.2, 0.25) is 0 Å². The Hall–Kier alpha value is -2.25. The number of benzene rings is 1. The predicted octanol–water partition coefficient (Wildman–Crippen LogP) is 3.55. The van der Waals surface area contributed by atoms with Crippen LogP contribution >= 0.6 is 11.3 Å². The summed E-state index contributed by atoms with van der Waals surface area (Å²) in [5.41, 5.74) is 2.27. The van der Waals surface area contributed by atoms with E-state index in [1.54, 1.807) is 17.4 Å². The second-order valence-corrected chi connectivity index (χ2v) is 8.21. The van der Waals surface area contributed by atoms with Crippen LogP contribution in [-0.2, 0) is 0 Å². The van der Waals surface area contributed by atoms with Crippen molar-refractivity contribution in [3.8, 4) is 0 Å². The summed E-state index contributed by atoms with van der Waals surface area (Å²) in [7, 11) is 0. The molecule has 2 aliphatic rings. The van der Waals surface area contributed by atoms with Gasteiger partial charge in [0.25, 0.3) is 5.91 Å². The average Bonchev–Trinajstić information content (AvgIpc) is 3.24. The number of carbonyl (C=O) groups excluding carboxylic acids is 1. The Kier molecular flexibility index (Phi) is 3.98. The zero-order valence-electron chi connectivity index (χ0n) is 14.4. The minimum absolute atomic E-state index is 0.168. The highest BCUT2D eigenvalue weighted by Crippen LogP contribution is 2.43. The van der Waals surface area contributed by atoms with Gasteiger partial charge in [-0.3, -0.25) is 9.48 Å². The molecule has 1 aliphatic carbocycles. The molecule has 1 unspecified atom stereocenters. The van der Waals surface area contributed by atoms with E-state index in [0.717, 1.165) is 41.8 Å². The van der Waals surface area contributed by atoms with Crippen LogP contribution in [0, 0.1) is 0 Å². The van der Waals surface area contributed by atoms with E-state index in [0.29, 0.717) is 17.7 Å². The summed E-state index contributed by atoms with van der Waals surface area (Å²) >= 11 is 1.74. The number of hydrogen-bond acceptors (Lipinski definition) is 5. The lowest BCUT2D eigenvalue weighted by molar-refractivity contribution is 0.102. The summed E-state index contributed by atoms with van der Waals surface area (Å²) in [5.74, 6) is 0.488. The quantitative estimate of drug-likeness (QED) is 0.740. The molecule has 3 heterocycles. The first-order valence-electron chi connectivity index (χ1n) is 9.24. The van der Waals surface area contributed by atoms with Crippen molar-refractivity contribution in [2.75, 3.05) is 18.4 Å². The third-order valence-electron chi connectivity index (χ3n) is 5.08. The molecule has 0 radical (unpaired) electrons. The van der Waals surface area contributed by atoms with E-state index < -0.39 is 0 Å². The second-order valence-electron chi connectivity index (χ2n) is 7.14. The molecule has 1 amide bonds. The number of fused-ring (bicyclic) bond motifs is 1. The van der Waals surface area contributed by atoms with Gasteiger partial charge in [-0.1, -0.05) is 0 Å². The Bertz CT molecular complexity index is 952. The minimum Gasteiger partial charge on any atom is -0.321 e. The molecule has 1 aliphatic heterocycles. The van der Waals surface area contributed by atoms with E-state index in [-0.39, 0.29) is 5.91 Å². The summed E-state index contributed by atoms with van der Waals surface area (Å²) in [5, 5.41) is 12.1. The first-order chi connectivity index (χ1) is 12.8. The van der Waals surface area contributed by atoms with Crippen molar-refractivity contribution >= 4 is 33.1 Å². The van der Waals surface area contributed by atoms with Gasteiger partial charge in [0.15, 0.2) is 5.69 Å². The normalized spacial score (nSPS) is 20.4. The molecule has 134 valence electrons. The summed E-state index contributed by atoms with van der Waals surface area (Å²) in [4.78, 5) is 17.2. The molecule has 1 saturated heterocycles. The van der Waals surface area contributed by atoms with E-state index >= 15 is 0 Å². The fourth-order valence-electron chi connectivity index (χ4n) is 3.44.